The number of rotatable bonds is 6. The third-order valence-electron chi connectivity index (χ3n) is 3.74. The number of aliphatic carboxylic acids is 1. The van der Waals surface area contributed by atoms with Gasteiger partial charge in [0.1, 0.15) is 0 Å². The molecule has 1 aliphatic rings. The number of carboxylic acid groups (broad SMARTS) is 1. The first-order chi connectivity index (χ1) is 10.0. The quantitative estimate of drug-likeness (QED) is 0.826. The summed E-state index contributed by atoms with van der Waals surface area (Å²) in [7, 11) is 0. The van der Waals surface area contributed by atoms with Gasteiger partial charge in [-0.15, -0.1) is 0 Å². The molecule has 1 N–H and O–H groups in total. The lowest BCUT2D eigenvalue weighted by atomic mass is 10.0. The van der Waals surface area contributed by atoms with Gasteiger partial charge in [-0.2, -0.15) is 0 Å². The molecular weight excluding hydrogens is 358 g/mol. The molecule has 2 unspecified atom stereocenters. The number of nitrogens with zero attached hydrogens (tertiary/aromatic N) is 1. The SMILES string of the molecule is CCCN(Cc1ccc(Br)cc1Cl)C1COCC1C(=O)O. The van der Waals surface area contributed by atoms with E-state index in [1.807, 2.05) is 18.2 Å². The molecule has 6 heteroatoms. The number of carboxylic acids is 1. The second-order valence-electron chi connectivity index (χ2n) is 5.26. The summed E-state index contributed by atoms with van der Waals surface area (Å²) in [6.07, 6.45) is 0.955. The molecule has 0 bridgehead atoms. The van der Waals surface area contributed by atoms with Crippen molar-refractivity contribution in [3.05, 3.63) is 33.3 Å². The Balaban J connectivity index is 2.16. The number of carbonyl (C=O) groups is 1. The molecule has 1 aromatic carbocycles. The first-order valence-corrected chi connectivity index (χ1v) is 8.18. The molecule has 0 aromatic heterocycles. The molecule has 4 nitrogen and oxygen atoms in total. The van der Waals surface area contributed by atoms with Gasteiger partial charge in [-0.25, -0.2) is 0 Å². The van der Waals surface area contributed by atoms with E-state index in [1.54, 1.807) is 0 Å². The van der Waals surface area contributed by atoms with E-state index < -0.39 is 11.9 Å². The molecule has 116 valence electrons. The standard InChI is InChI=1S/C15H19BrClNO3/c1-2-5-18(14-9-21-8-12(14)15(19)20)7-10-3-4-11(16)6-13(10)17/h3-4,6,12,14H,2,5,7-9H2,1H3,(H,19,20). The second kappa shape index (κ2) is 7.58. The first-order valence-electron chi connectivity index (χ1n) is 7.01. The normalized spacial score (nSPS) is 21.9. The number of hydrogen-bond donors (Lipinski definition) is 1. The minimum absolute atomic E-state index is 0.0952. The van der Waals surface area contributed by atoms with Crippen LogP contribution in [0, 0.1) is 5.92 Å². The molecule has 0 saturated carbocycles. The van der Waals surface area contributed by atoms with Crippen LogP contribution in [-0.4, -0.2) is 41.8 Å². The Morgan fingerprint density at radius 2 is 2.29 bits per heavy atom. The van der Waals surface area contributed by atoms with Gasteiger partial charge in [-0.05, 0) is 30.7 Å². The van der Waals surface area contributed by atoms with E-state index in [-0.39, 0.29) is 12.6 Å². The average Bonchev–Trinajstić information content (AvgIpc) is 2.90. The van der Waals surface area contributed by atoms with Gasteiger partial charge in [0.15, 0.2) is 0 Å². The van der Waals surface area contributed by atoms with Gasteiger partial charge < -0.3 is 9.84 Å². The molecule has 0 aliphatic carbocycles. The average molecular weight is 377 g/mol. The van der Waals surface area contributed by atoms with Crippen molar-refractivity contribution in [2.75, 3.05) is 19.8 Å². The smallest absolute Gasteiger partial charge is 0.310 e. The Hall–Kier alpha value is -0.620. The second-order valence-corrected chi connectivity index (χ2v) is 6.58. The third-order valence-corrected chi connectivity index (χ3v) is 4.58. The monoisotopic (exact) mass is 375 g/mol. The summed E-state index contributed by atoms with van der Waals surface area (Å²) >= 11 is 9.67. The number of halogens is 2. The highest BCUT2D eigenvalue weighted by Gasteiger charge is 2.37. The van der Waals surface area contributed by atoms with Crippen molar-refractivity contribution in [2.45, 2.75) is 25.9 Å². The maximum Gasteiger partial charge on any atom is 0.310 e. The van der Waals surface area contributed by atoms with Crippen LogP contribution in [0.15, 0.2) is 22.7 Å². The molecule has 21 heavy (non-hydrogen) atoms. The van der Waals surface area contributed by atoms with Gasteiger partial charge in [0, 0.05) is 22.1 Å². The molecular formula is C15H19BrClNO3. The molecule has 1 aromatic rings. The molecule has 2 atom stereocenters. The van der Waals surface area contributed by atoms with Crippen LogP contribution >= 0.6 is 27.5 Å². The van der Waals surface area contributed by atoms with Crippen molar-refractivity contribution >= 4 is 33.5 Å². The van der Waals surface area contributed by atoms with Gasteiger partial charge in [0.05, 0.1) is 19.1 Å². The highest BCUT2D eigenvalue weighted by atomic mass is 79.9. The molecule has 0 spiro atoms. The summed E-state index contributed by atoms with van der Waals surface area (Å²) in [4.78, 5) is 13.5. The minimum atomic E-state index is -0.791. The van der Waals surface area contributed by atoms with Crippen molar-refractivity contribution < 1.29 is 14.6 Å². The van der Waals surface area contributed by atoms with Crippen LogP contribution in [0.4, 0.5) is 0 Å². The minimum Gasteiger partial charge on any atom is -0.481 e. The molecule has 1 saturated heterocycles. The van der Waals surface area contributed by atoms with Crippen molar-refractivity contribution in [3.8, 4) is 0 Å². The number of ether oxygens (including phenoxy) is 1. The molecule has 0 radical (unpaired) electrons. The van der Waals surface area contributed by atoms with Gasteiger partial charge in [0.2, 0.25) is 0 Å². The summed E-state index contributed by atoms with van der Waals surface area (Å²) < 4.78 is 6.32. The Kier molecular flexibility index (Phi) is 6.05. The van der Waals surface area contributed by atoms with Gasteiger partial charge in [0.25, 0.3) is 0 Å². The number of hydrogen-bond acceptors (Lipinski definition) is 3. The molecule has 1 aliphatic heterocycles. The summed E-state index contributed by atoms with van der Waals surface area (Å²) in [5.74, 6) is -1.26. The lowest BCUT2D eigenvalue weighted by Crippen LogP contribution is -2.43. The van der Waals surface area contributed by atoms with E-state index >= 15 is 0 Å². The van der Waals surface area contributed by atoms with E-state index in [2.05, 4.69) is 27.8 Å². The van der Waals surface area contributed by atoms with Crippen molar-refractivity contribution in [2.24, 2.45) is 5.92 Å². The zero-order valence-corrected chi connectivity index (χ0v) is 14.2. The van der Waals surface area contributed by atoms with Crippen LogP contribution in [0.2, 0.25) is 5.02 Å². The van der Waals surface area contributed by atoms with Crippen LogP contribution in [-0.2, 0) is 16.1 Å². The highest BCUT2D eigenvalue weighted by Crippen LogP contribution is 2.26. The summed E-state index contributed by atoms with van der Waals surface area (Å²) in [6, 6.07) is 5.69. The van der Waals surface area contributed by atoms with Gasteiger partial charge >= 0.3 is 5.97 Å². The van der Waals surface area contributed by atoms with Crippen molar-refractivity contribution in [3.63, 3.8) is 0 Å². The van der Waals surface area contributed by atoms with Gasteiger partial charge in [-0.3, -0.25) is 9.69 Å². The summed E-state index contributed by atoms with van der Waals surface area (Å²) in [6.45, 7) is 4.29. The fourth-order valence-electron chi connectivity index (χ4n) is 2.66. The molecule has 1 heterocycles. The molecule has 0 amide bonds. The zero-order chi connectivity index (χ0) is 15.4. The first kappa shape index (κ1) is 16.7. The van der Waals surface area contributed by atoms with E-state index in [0.717, 1.165) is 23.0 Å². The fourth-order valence-corrected chi connectivity index (χ4v) is 3.39. The highest BCUT2D eigenvalue weighted by molar-refractivity contribution is 9.10. The summed E-state index contributed by atoms with van der Waals surface area (Å²) in [5.41, 5.74) is 1.00. The Morgan fingerprint density at radius 1 is 1.52 bits per heavy atom. The summed E-state index contributed by atoms with van der Waals surface area (Å²) in [5, 5.41) is 10.0. The fraction of sp³-hybridized carbons (Fsp3) is 0.533. The lowest BCUT2D eigenvalue weighted by molar-refractivity contribution is -0.143. The van der Waals surface area contributed by atoms with E-state index in [1.165, 1.54) is 0 Å². The van der Waals surface area contributed by atoms with Crippen LogP contribution in [0.25, 0.3) is 0 Å². The Bertz CT molecular complexity index is 512. The van der Waals surface area contributed by atoms with Crippen LogP contribution in [0.3, 0.4) is 0 Å². The van der Waals surface area contributed by atoms with Crippen LogP contribution < -0.4 is 0 Å². The maximum atomic E-state index is 11.3. The van der Waals surface area contributed by atoms with Crippen molar-refractivity contribution in [1.82, 2.24) is 4.90 Å². The van der Waals surface area contributed by atoms with Crippen molar-refractivity contribution in [1.29, 1.82) is 0 Å². The van der Waals surface area contributed by atoms with E-state index in [0.29, 0.717) is 18.2 Å². The van der Waals surface area contributed by atoms with Crippen LogP contribution in [0.1, 0.15) is 18.9 Å². The maximum absolute atomic E-state index is 11.3. The number of benzene rings is 1. The van der Waals surface area contributed by atoms with E-state index in [9.17, 15) is 9.90 Å². The zero-order valence-electron chi connectivity index (χ0n) is 11.9. The molecule has 2 rings (SSSR count). The topological polar surface area (TPSA) is 49.8 Å². The lowest BCUT2D eigenvalue weighted by Gasteiger charge is -2.30. The molecule has 1 fully saturated rings. The van der Waals surface area contributed by atoms with E-state index in [4.69, 9.17) is 16.3 Å². The third kappa shape index (κ3) is 4.19. The Labute approximate surface area is 138 Å². The van der Waals surface area contributed by atoms with Gasteiger partial charge in [-0.1, -0.05) is 40.5 Å². The Morgan fingerprint density at radius 3 is 2.90 bits per heavy atom. The predicted octanol–water partition coefficient (Wildman–Crippen LogP) is 3.41. The van der Waals surface area contributed by atoms with Crippen LogP contribution in [0.5, 0.6) is 0 Å². The predicted molar refractivity (Wildman–Crippen MR) is 85.6 cm³/mol. The largest absolute Gasteiger partial charge is 0.481 e.